The lowest BCUT2D eigenvalue weighted by Gasteiger charge is -2.17. The van der Waals surface area contributed by atoms with Crippen molar-refractivity contribution in [1.29, 1.82) is 0 Å². The summed E-state index contributed by atoms with van der Waals surface area (Å²) in [6.45, 7) is 3.35. The third-order valence-corrected chi connectivity index (χ3v) is 5.64. The minimum atomic E-state index is -1.08. The van der Waals surface area contributed by atoms with Crippen molar-refractivity contribution in [3.05, 3.63) is 94.5 Å². The molecule has 1 N–H and O–H groups in total. The van der Waals surface area contributed by atoms with Crippen molar-refractivity contribution in [3.63, 3.8) is 0 Å². The SMILES string of the molecule is COc1ccc(CN2C(=O)c3ccccc3C2=O)cc1C(=O)OC(C)C(=O)Nc1cccc(C)c1. The van der Waals surface area contributed by atoms with Crippen LogP contribution in [0.15, 0.2) is 66.7 Å². The molecule has 1 aliphatic rings. The van der Waals surface area contributed by atoms with Gasteiger partial charge in [0.15, 0.2) is 6.10 Å². The number of carbonyl (C=O) groups excluding carboxylic acids is 4. The molecule has 0 saturated carbocycles. The van der Waals surface area contributed by atoms with Crippen LogP contribution in [0.3, 0.4) is 0 Å². The van der Waals surface area contributed by atoms with Gasteiger partial charge in [-0.3, -0.25) is 19.3 Å². The molecule has 0 fully saturated rings. The number of fused-ring (bicyclic) bond motifs is 1. The molecule has 3 aromatic carbocycles. The maximum Gasteiger partial charge on any atom is 0.342 e. The van der Waals surface area contributed by atoms with Crippen molar-refractivity contribution in [2.45, 2.75) is 26.5 Å². The van der Waals surface area contributed by atoms with E-state index in [1.165, 1.54) is 20.1 Å². The summed E-state index contributed by atoms with van der Waals surface area (Å²) in [6.07, 6.45) is -1.08. The number of hydrogen-bond donors (Lipinski definition) is 1. The summed E-state index contributed by atoms with van der Waals surface area (Å²) in [5, 5.41) is 2.72. The van der Waals surface area contributed by atoms with E-state index in [1.54, 1.807) is 48.5 Å². The average Bonchev–Trinajstić information content (AvgIpc) is 3.09. The molecule has 0 spiro atoms. The van der Waals surface area contributed by atoms with Gasteiger partial charge in [-0.25, -0.2) is 4.79 Å². The van der Waals surface area contributed by atoms with Gasteiger partial charge in [-0.05, 0) is 61.4 Å². The molecule has 0 bridgehead atoms. The molecule has 3 amide bonds. The van der Waals surface area contributed by atoms with Crippen LogP contribution in [0.1, 0.15) is 49.1 Å². The van der Waals surface area contributed by atoms with Crippen molar-refractivity contribution >= 4 is 29.4 Å². The molecule has 0 radical (unpaired) electrons. The molecule has 0 aliphatic carbocycles. The zero-order valence-electron chi connectivity index (χ0n) is 19.5. The number of hydrogen-bond acceptors (Lipinski definition) is 6. The van der Waals surface area contributed by atoms with Gasteiger partial charge in [-0.15, -0.1) is 0 Å². The number of amides is 3. The van der Waals surface area contributed by atoms with Crippen LogP contribution in [0, 0.1) is 6.92 Å². The Hall–Kier alpha value is -4.46. The van der Waals surface area contributed by atoms with Gasteiger partial charge in [0.05, 0.1) is 24.8 Å². The van der Waals surface area contributed by atoms with Gasteiger partial charge >= 0.3 is 5.97 Å². The van der Waals surface area contributed by atoms with E-state index in [0.717, 1.165) is 10.5 Å². The van der Waals surface area contributed by atoms with E-state index in [-0.39, 0.29) is 17.9 Å². The largest absolute Gasteiger partial charge is 0.496 e. The van der Waals surface area contributed by atoms with Gasteiger partial charge in [0.1, 0.15) is 11.3 Å². The summed E-state index contributed by atoms with van der Waals surface area (Å²) >= 11 is 0. The lowest BCUT2D eigenvalue weighted by Crippen LogP contribution is -2.30. The summed E-state index contributed by atoms with van der Waals surface area (Å²) in [5.74, 6) is -1.80. The van der Waals surface area contributed by atoms with Crippen LogP contribution >= 0.6 is 0 Å². The summed E-state index contributed by atoms with van der Waals surface area (Å²) in [7, 11) is 1.41. The predicted octanol–water partition coefficient (Wildman–Crippen LogP) is 3.98. The molecule has 0 aromatic heterocycles. The molecule has 1 atom stereocenters. The second-order valence-corrected chi connectivity index (χ2v) is 8.18. The number of carbonyl (C=O) groups is 4. The topological polar surface area (TPSA) is 102 Å². The normalized spacial score (nSPS) is 13.3. The molecular formula is C27H24N2O6. The molecule has 8 nitrogen and oxygen atoms in total. The number of ether oxygens (including phenoxy) is 2. The Kier molecular flexibility index (Phi) is 6.64. The highest BCUT2D eigenvalue weighted by Crippen LogP contribution is 2.27. The first-order valence-corrected chi connectivity index (χ1v) is 11.0. The van der Waals surface area contributed by atoms with Crippen LogP contribution in [-0.4, -0.2) is 41.8 Å². The Bertz CT molecular complexity index is 1300. The van der Waals surface area contributed by atoms with Gasteiger partial charge in [0.2, 0.25) is 0 Å². The first kappa shape index (κ1) is 23.7. The number of nitrogens with zero attached hydrogens (tertiary/aromatic N) is 1. The second kappa shape index (κ2) is 9.80. The lowest BCUT2D eigenvalue weighted by molar-refractivity contribution is -0.123. The Morgan fingerprint density at radius 3 is 2.26 bits per heavy atom. The number of esters is 1. The minimum Gasteiger partial charge on any atom is -0.496 e. The number of benzene rings is 3. The number of rotatable bonds is 7. The maximum absolute atomic E-state index is 12.9. The molecule has 1 aliphatic heterocycles. The van der Waals surface area contributed by atoms with Crippen molar-refractivity contribution in [3.8, 4) is 5.75 Å². The molecule has 1 unspecified atom stereocenters. The van der Waals surface area contributed by atoms with E-state index in [2.05, 4.69) is 5.32 Å². The lowest BCUT2D eigenvalue weighted by atomic mass is 10.1. The van der Waals surface area contributed by atoms with E-state index in [9.17, 15) is 19.2 Å². The smallest absolute Gasteiger partial charge is 0.342 e. The Morgan fingerprint density at radius 2 is 1.63 bits per heavy atom. The highest BCUT2D eigenvalue weighted by molar-refractivity contribution is 6.21. The third-order valence-electron chi connectivity index (χ3n) is 5.64. The first-order valence-electron chi connectivity index (χ1n) is 11.0. The Balaban J connectivity index is 1.48. The number of aryl methyl sites for hydroxylation is 1. The van der Waals surface area contributed by atoms with E-state index in [1.807, 2.05) is 19.1 Å². The van der Waals surface area contributed by atoms with Crippen molar-refractivity contribution < 1.29 is 28.7 Å². The fourth-order valence-corrected chi connectivity index (χ4v) is 3.82. The summed E-state index contributed by atoms with van der Waals surface area (Å²) in [4.78, 5) is 51.9. The van der Waals surface area contributed by atoms with Crippen LogP contribution < -0.4 is 10.1 Å². The summed E-state index contributed by atoms with van der Waals surface area (Å²) < 4.78 is 10.7. The van der Waals surface area contributed by atoms with Gasteiger partial charge in [-0.2, -0.15) is 0 Å². The Morgan fingerprint density at radius 1 is 0.943 bits per heavy atom. The number of methoxy groups -OCH3 is 1. The van der Waals surface area contributed by atoms with Crippen LogP contribution in [0.5, 0.6) is 5.75 Å². The minimum absolute atomic E-state index is 0.0278. The summed E-state index contributed by atoms with van der Waals surface area (Å²) in [6, 6.07) is 18.6. The number of anilines is 1. The molecule has 8 heteroatoms. The standard InChI is InChI=1S/C27H24N2O6/c1-16-7-6-8-19(13-16)28-24(30)17(2)35-27(33)22-14-18(11-12-23(22)34-3)15-29-25(31)20-9-4-5-10-21(20)26(29)32/h4-14,17H,15H2,1-3H3,(H,28,30). The molecular weight excluding hydrogens is 448 g/mol. The number of imide groups is 1. The van der Waals surface area contributed by atoms with Gasteiger partial charge in [0.25, 0.3) is 17.7 Å². The van der Waals surface area contributed by atoms with Gasteiger partial charge < -0.3 is 14.8 Å². The molecule has 0 saturated heterocycles. The van der Waals surface area contributed by atoms with Crippen LogP contribution in [0.25, 0.3) is 0 Å². The van der Waals surface area contributed by atoms with Crippen molar-refractivity contribution in [2.75, 3.05) is 12.4 Å². The van der Waals surface area contributed by atoms with E-state index in [0.29, 0.717) is 22.4 Å². The van der Waals surface area contributed by atoms with Crippen LogP contribution in [-0.2, 0) is 16.1 Å². The molecule has 178 valence electrons. The number of nitrogens with one attached hydrogen (secondary N) is 1. The second-order valence-electron chi connectivity index (χ2n) is 8.18. The zero-order chi connectivity index (χ0) is 25.1. The summed E-state index contributed by atoms with van der Waals surface area (Å²) in [5.41, 5.74) is 2.88. The quantitative estimate of drug-likeness (QED) is 0.412. The molecule has 1 heterocycles. The van der Waals surface area contributed by atoms with E-state index in [4.69, 9.17) is 9.47 Å². The van der Waals surface area contributed by atoms with E-state index >= 15 is 0 Å². The monoisotopic (exact) mass is 472 g/mol. The maximum atomic E-state index is 12.9. The zero-order valence-corrected chi connectivity index (χ0v) is 19.5. The van der Waals surface area contributed by atoms with Crippen LogP contribution in [0.4, 0.5) is 5.69 Å². The van der Waals surface area contributed by atoms with Gasteiger partial charge in [0, 0.05) is 5.69 Å². The molecule has 4 rings (SSSR count). The average molecular weight is 472 g/mol. The highest BCUT2D eigenvalue weighted by Gasteiger charge is 2.35. The highest BCUT2D eigenvalue weighted by atomic mass is 16.5. The Labute approximate surface area is 202 Å². The van der Waals surface area contributed by atoms with Crippen molar-refractivity contribution in [1.82, 2.24) is 4.90 Å². The predicted molar refractivity (Wildman–Crippen MR) is 128 cm³/mol. The fourth-order valence-electron chi connectivity index (χ4n) is 3.82. The first-order chi connectivity index (χ1) is 16.8. The fraction of sp³-hybridized carbons (Fsp3) is 0.185. The third kappa shape index (κ3) is 4.91. The molecule has 35 heavy (non-hydrogen) atoms. The van der Waals surface area contributed by atoms with Crippen LogP contribution in [0.2, 0.25) is 0 Å². The van der Waals surface area contributed by atoms with Gasteiger partial charge in [-0.1, -0.05) is 30.3 Å². The van der Waals surface area contributed by atoms with Crippen molar-refractivity contribution in [2.24, 2.45) is 0 Å². The molecule has 3 aromatic rings. The van der Waals surface area contributed by atoms with E-state index < -0.39 is 29.8 Å².